The molecule has 0 spiro atoms. The van der Waals surface area contributed by atoms with Crippen molar-refractivity contribution >= 4 is 28.9 Å². The Morgan fingerprint density at radius 2 is 1.58 bits per heavy atom. The quantitative estimate of drug-likeness (QED) is 0.778. The standard InChI is InChI=1S/C25H32N4O2/c1-3-19-5-9-23(10-6-19)29-18-20(17-24(29)30)25(31)26-21-7-11-22(12-8-21)28-15-13-27(4-2)14-16-28/h5-12,20H,3-4,13-18H2,1-2H3,(H,26,31). The van der Waals surface area contributed by atoms with Crippen molar-refractivity contribution in [2.24, 2.45) is 5.92 Å². The molecule has 0 radical (unpaired) electrons. The van der Waals surface area contributed by atoms with Crippen LogP contribution in [0.2, 0.25) is 0 Å². The van der Waals surface area contributed by atoms with Crippen LogP contribution in [0.25, 0.3) is 0 Å². The molecule has 1 N–H and O–H groups in total. The van der Waals surface area contributed by atoms with E-state index in [-0.39, 0.29) is 24.2 Å². The van der Waals surface area contributed by atoms with Gasteiger partial charge in [0, 0.05) is 56.2 Å². The van der Waals surface area contributed by atoms with Crippen LogP contribution in [0.5, 0.6) is 0 Å². The van der Waals surface area contributed by atoms with Crippen LogP contribution in [0.3, 0.4) is 0 Å². The number of carbonyl (C=O) groups excluding carboxylic acids is 2. The number of hydrogen-bond acceptors (Lipinski definition) is 4. The van der Waals surface area contributed by atoms with Crippen LogP contribution < -0.4 is 15.1 Å². The lowest BCUT2D eigenvalue weighted by atomic mass is 10.1. The summed E-state index contributed by atoms with van der Waals surface area (Å²) in [4.78, 5) is 31.8. The van der Waals surface area contributed by atoms with E-state index in [0.717, 1.165) is 50.5 Å². The smallest absolute Gasteiger partial charge is 0.229 e. The number of carbonyl (C=O) groups is 2. The lowest BCUT2D eigenvalue weighted by molar-refractivity contribution is -0.122. The molecule has 2 fully saturated rings. The number of rotatable bonds is 6. The minimum absolute atomic E-state index is 0.00553. The fourth-order valence-corrected chi connectivity index (χ4v) is 4.37. The van der Waals surface area contributed by atoms with Gasteiger partial charge in [-0.25, -0.2) is 0 Å². The van der Waals surface area contributed by atoms with Crippen molar-refractivity contribution in [3.05, 3.63) is 54.1 Å². The Morgan fingerprint density at radius 3 is 2.19 bits per heavy atom. The summed E-state index contributed by atoms with van der Waals surface area (Å²) in [5, 5.41) is 3.00. The van der Waals surface area contributed by atoms with Crippen LogP contribution in [0.1, 0.15) is 25.8 Å². The van der Waals surface area contributed by atoms with Crippen LogP contribution >= 0.6 is 0 Å². The van der Waals surface area contributed by atoms with Crippen LogP contribution in [0.4, 0.5) is 17.1 Å². The maximum atomic E-state index is 12.8. The molecular formula is C25H32N4O2. The van der Waals surface area contributed by atoms with Crippen LogP contribution in [-0.4, -0.2) is 56.0 Å². The molecule has 2 saturated heterocycles. The molecule has 0 aliphatic carbocycles. The molecule has 164 valence electrons. The Bertz CT molecular complexity index is 902. The highest BCUT2D eigenvalue weighted by atomic mass is 16.2. The number of nitrogens with one attached hydrogen (secondary N) is 1. The largest absolute Gasteiger partial charge is 0.369 e. The molecule has 2 aromatic carbocycles. The second kappa shape index (κ2) is 9.52. The molecule has 2 heterocycles. The third-order valence-electron chi connectivity index (χ3n) is 6.47. The van der Waals surface area contributed by atoms with E-state index in [1.165, 1.54) is 11.3 Å². The van der Waals surface area contributed by atoms with Gasteiger partial charge in [-0.1, -0.05) is 26.0 Å². The van der Waals surface area contributed by atoms with E-state index in [2.05, 4.69) is 41.1 Å². The van der Waals surface area contributed by atoms with Gasteiger partial charge in [-0.15, -0.1) is 0 Å². The third kappa shape index (κ3) is 4.90. The third-order valence-corrected chi connectivity index (χ3v) is 6.47. The van der Waals surface area contributed by atoms with Gasteiger partial charge in [0.15, 0.2) is 0 Å². The van der Waals surface area contributed by atoms with Crippen molar-refractivity contribution in [1.29, 1.82) is 0 Å². The molecule has 2 aliphatic heterocycles. The first-order valence-corrected chi connectivity index (χ1v) is 11.3. The summed E-state index contributed by atoms with van der Waals surface area (Å²) >= 11 is 0. The highest BCUT2D eigenvalue weighted by Crippen LogP contribution is 2.27. The summed E-state index contributed by atoms with van der Waals surface area (Å²) < 4.78 is 0. The predicted molar refractivity (Wildman–Crippen MR) is 126 cm³/mol. The molecule has 0 bridgehead atoms. The second-order valence-electron chi connectivity index (χ2n) is 8.38. The molecular weight excluding hydrogens is 388 g/mol. The van der Waals surface area contributed by atoms with E-state index >= 15 is 0 Å². The molecule has 2 amide bonds. The van der Waals surface area contributed by atoms with E-state index in [1.54, 1.807) is 4.90 Å². The maximum absolute atomic E-state index is 12.8. The molecule has 1 unspecified atom stereocenters. The van der Waals surface area contributed by atoms with Crippen molar-refractivity contribution in [1.82, 2.24) is 4.90 Å². The molecule has 6 nitrogen and oxygen atoms in total. The molecule has 2 aliphatic rings. The highest BCUT2D eigenvalue weighted by molar-refractivity contribution is 6.03. The molecule has 6 heteroatoms. The SMILES string of the molecule is CCc1ccc(N2CC(C(=O)Nc3ccc(N4CCN(CC)CC4)cc3)CC2=O)cc1. The van der Waals surface area contributed by atoms with Gasteiger partial charge in [0.25, 0.3) is 0 Å². The molecule has 31 heavy (non-hydrogen) atoms. The Balaban J connectivity index is 1.33. The number of piperazine rings is 1. The first-order chi connectivity index (χ1) is 15.1. The molecule has 1 atom stereocenters. The lowest BCUT2D eigenvalue weighted by Gasteiger charge is -2.35. The molecule has 4 rings (SSSR count). The van der Waals surface area contributed by atoms with Gasteiger partial charge in [0.1, 0.15) is 0 Å². The van der Waals surface area contributed by atoms with Gasteiger partial charge in [0.2, 0.25) is 11.8 Å². The maximum Gasteiger partial charge on any atom is 0.229 e. The minimum Gasteiger partial charge on any atom is -0.369 e. The Labute approximate surface area is 184 Å². The highest BCUT2D eigenvalue weighted by Gasteiger charge is 2.35. The zero-order valence-electron chi connectivity index (χ0n) is 18.5. The summed E-state index contributed by atoms with van der Waals surface area (Å²) in [6, 6.07) is 16.1. The molecule has 0 aromatic heterocycles. The fourth-order valence-electron chi connectivity index (χ4n) is 4.37. The van der Waals surface area contributed by atoms with Crippen LogP contribution in [-0.2, 0) is 16.0 Å². The van der Waals surface area contributed by atoms with E-state index in [0.29, 0.717) is 6.54 Å². The summed E-state index contributed by atoms with van der Waals surface area (Å²) in [5.41, 5.74) is 4.07. The summed E-state index contributed by atoms with van der Waals surface area (Å²) in [6.07, 6.45) is 1.22. The predicted octanol–water partition coefficient (Wildman–Crippen LogP) is 3.38. The van der Waals surface area contributed by atoms with Crippen molar-refractivity contribution in [3.63, 3.8) is 0 Å². The number of aryl methyl sites for hydroxylation is 1. The number of anilines is 3. The normalized spacial score (nSPS) is 19.7. The second-order valence-corrected chi connectivity index (χ2v) is 8.38. The Kier molecular flexibility index (Phi) is 6.56. The summed E-state index contributed by atoms with van der Waals surface area (Å²) in [5.74, 6) is -0.420. The van der Waals surface area contributed by atoms with E-state index in [9.17, 15) is 9.59 Å². The topological polar surface area (TPSA) is 55.9 Å². The molecule has 0 saturated carbocycles. The number of nitrogens with zero attached hydrogens (tertiary/aromatic N) is 3. The molecule has 2 aromatic rings. The fraction of sp³-hybridized carbons (Fsp3) is 0.440. The number of likely N-dealkylation sites (N-methyl/N-ethyl adjacent to an activating group) is 1. The monoisotopic (exact) mass is 420 g/mol. The first-order valence-electron chi connectivity index (χ1n) is 11.3. The minimum atomic E-state index is -0.333. The summed E-state index contributed by atoms with van der Waals surface area (Å²) in [6.45, 7) is 10.1. The van der Waals surface area contributed by atoms with Crippen molar-refractivity contribution in [2.75, 3.05) is 54.4 Å². The number of amides is 2. The Hall–Kier alpha value is -2.86. The lowest BCUT2D eigenvalue weighted by Crippen LogP contribution is -2.46. The average molecular weight is 421 g/mol. The number of benzene rings is 2. The van der Waals surface area contributed by atoms with Gasteiger partial charge in [-0.05, 0) is 54.9 Å². The van der Waals surface area contributed by atoms with Crippen LogP contribution in [0, 0.1) is 5.92 Å². The van der Waals surface area contributed by atoms with Gasteiger partial charge < -0.3 is 20.0 Å². The van der Waals surface area contributed by atoms with Crippen molar-refractivity contribution < 1.29 is 9.59 Å². The van der Waals surface area contributed by atoms with Gasteiger partial charge in [-0.2, -0.15) is 0 Å². The first kappa shape index (κ1) is 21.4. The van der Waals surface area contributed by atoms with E-state index < -0.39 is 0 Å². The zero-order valence-corrected chi connectivity index (χ0v) is 18.5. The summed E-state index contributed by atoms with van der Waals surface area (Å²) in [7, 11) is 0. The average Bonchev–Trinajstić information content (AvgIpc) is 3.21. The van der Waals surface area contributed by atoms with E-state index in [1.807, 2.05) is 36.4 Å². The van der Waals surface area contributed by atoms with Gasteiger partial charge >= 0.3 is 0 Å². The van der Waals surface area contributed by atoms with Crippen molar-refractivity contribution in [3.8, 4) is 0 Å². The zero-order chi connectivity index (χ0) is 21.8. The number of hydrogen-bond donors (Lipinski definition) is 1. The van der Waals surface area contributed by atoms with Gasteiger partial charge in [-0.3, -0.25) is 9.59 Å². The van der Waals surface area contributed by atoms with E-state index in [4.69, 9.17) is 0 Å². The van der Waals surface area contributed by atoms with Gasteiger partial charge in [0.05, 0.1) is 5.92 Å². The Morgan fingerprint density at radius 1 is 0.935 bits per heavy atom. The van der Waals surface area contributed by atoms with Crippen molar-refractivity contribution in [2.45, 2.75) is 26.7 Å². The van der Waals surface area contributed by atoms with Crippen LogP contribution in [0.15, 0.2) is 48.5 Å².